The first-order valence-electron chi connectivity index (χ1n) is 17.1. The van der Waals surface area contributed by atoms with Gasteiger partial charge in [0, 0.05) is 38.3 Å². The zero-order valence-electron chi connectivity index (χ0n) is 31.9. The summed E-state index contributed by atoms with van der Waals surface area (Å²) in [6, 6.07) is -1.79. The molecule has 0 aromatic heterocycles. The van der Waals surface area contributed by atoms with Crippen molar-refractivity contribution < 1.29 is 24.0 Å². The van der Waals surface area contributed by atoms with Gasteiger partial charge in [-0.2, -0.15) is 0 Å². The second-order valence-electron chi connectivity index (χ2n) is 13.9. The Labute approximate surface area is 292 Å². The first kappa shape index (κ1) is 49.2. The van der Waals surface area contributed by atoms with Crippen LogP contribution in [0.15, 0.2) is 0 Å². The Morgan fingerprint density at radius 3 is 1.83 bits per heavy atom. The fourth-order valence-electron chi connectivity index (χ4n) is 4.42. The zero-order valence-corrected chi connectivity index (χ0v) is 32.8. The van der Waals surface area contributed by atoms with Crippen LogP contribution in [0.2, 0.25) is 0 Å². The molecule has 0 aromatic carbocycles. The predicted octanol–water partition coefficient (Wildman–Crippen LogP) is 3.79. The van der Waals surface area contributed by atoms with E-state index in [-0.39, 0.29) is 47.9 Å². The highest BCUT2D eigenvalue weighted by atomic mass is 32.1. The molecule has 3 atom stereocenters. The van der Waals surface area contributed by atoms with Gasteiger partial charge in [-0.3, -0.25) is 23.5 Å². The fourth-order valence-corrected chi connectivity index (χ4v) is 4.52. The van der Waals surface area contributed by atoms with Gasteiger partial charge in [0.1, 0.15) is 12.1 Å². The first-order valence-corrected chi connectivity index (χ1v) is 17.5. The standard InChI is InChI=1S/C24H48N6O3S.C5H10.C2H2O2.C2H6.CH5N/c1-16(2)26-20(31)17-11-10-13-30(17)21(32)19(24(6,7)8)28-22(33)27-18(23(3,4)5)15-25-12-14-29(9)34;1-2-5-3-4-5;3-1-2-4;2*1-2/h16-19,25,34H,10-15H2,1-9H3,(H,26,31)(H2,27,28,33);5H,2-4H2,1H3;1-2H;1-2H3;2H2,1H3. The van der Waals surface area contributed by atoms with Crippen LogP contribution in [0.4, 0.5) is 4.79 Å². The van der Waals surface area contributed by atoms with Crippen LogP contribution in [0.3, 0.4) is 0 Å². The lowest BCUT2D eigenvalue weighted by Gasteiger charge is -2.37. The maximum atomic E-state index is 13.6. The zero-order chi connectivity index (χ0) is 37.4. The molecule has 1 aliphatic carbocycles. The van der Waals surface area contributed by atoms with E-state index in [0.29, 0.717) is 19.5 Å². The van der Waals surface area contributed by atoms with Crippen LogP contribution in [-0.2, 0) is 19.2 Å². The van der Waals surface area contributed by atoms with E-state index < -0.39 is 17.5 Å². The van der Waals surface area contributed by atoms with Gasteiger partial charge in [-0.1, -0.05) is 94.4 Å². The summed E-state index contributed by atoms with van der Waals surface area (Å²) in [5.74, 6) is 0.782. The van der Waals surface area contributed by atoms with Gasteiger partial charge in [0.05, 0.1) is 0 Å². The number of aldehydes is 2. The molecule has 2 fully saturated rings. The summed E-state index contributed by atoms with van der Waals surface area (Å²) < 4.78 is 1.80. The SMILES string of the molecule is CC.CC(C)NC(=O)C1CCCN1C(=O)C(NC(=O)NC(CNCCN(C)S)C(C)(C)C)C(C)(C)C.CCC1CC1.CN.O=CC=O. The predicted molar refractivity (Wildman–Crippen MR) is 197 cm³/mol. The normalized spacial score (nSPS) is 16.7. The molecule has 13 heteroatoms. The largest absolute Gasteiger partial charge is 0.352 e. The quantitative estimate of drug-likeness (QED) is 0.0780. The van der Waals surface area contributed by atoms with Crippen molar-refractivity contribution in [1.82, 2.24) is 30.5 Å². The smallest absolute Gasteiger partial charge is 0.315 e. The van der Waals surface area contributed by atoms with Crippen molar-refractivity contribution in [3.8, 4) is 0 Å². The molecule has 0 bridgehead atoms. The van der Waals surface area contributed by atoms with E-state index in [9.17, 15) is 14.4 Å². The van der Waals surface area contributed by atoms with Gasteiger partial charge in [-0.25, -0.2) is 4.79 Å². The van der Waals surface area contributed by atoms with Gasteiger partial charge >= 0.3 is 6.03 Å². The van der Waals surface area contributed by atoms with Gasteiger partial charge in [-0.05, 0) is 57.5 Å². The summed E-state index contributed by atoms with van der Waals surface area (Å²) in [6.45, 7) is 24.7. The summed E-state index contributed by atoms with van der Waals surface area (Å²) in [4.78, 5) is 58.5. The van der Waals surface area contributed by atoms with Gasteiger partial charge < -0.3 is 31.9 Å². The Kier molecular flexibility index (Phi) is 27.9. The fraction of sp³-hybridized carbons (Fsp3) is 0.853. The lowest BCUT2D eigenvalue weighted by Crippen LogP contribution is -2.61. The lowest BCUT2D eigenvalue weighted by atomic mass is 9.85. The summed E-state index contributed by atoms with van der Waals surface area (Å²) in [5.41, 5.74) is 3.79. The highest BCUT2D eigenvalue weighted by Gasteiger charge is 2.42. The lowest BCUT2D eigenvalue weighted by molar-refractivity contribution is -0.142. The van der Waals surface area contributed by atoms with Crippen molar-refractivity contribution in [3.05, 3.63) is 0 Å². The summed E-state index contributed by atoms with van der Waals surface area (Å²) in [7, 11) is 3.39. The number of likely N-dealkylation sites (N-methyl/N-ethyl adjacent to an activating group) is 1. The van der Waals surface area contributed by atoms with Crippen LogP contribution in [0.1, 0.15) is 108 Å². The van der Waals surface area contributed by atoms with Crippen molar-refractivity contribution in [2.45, 2.75) is 132 Å². The van der Waals surface area contributed by atoms with Crippen LogP contribution >= 0.6 is 12.8 Å². The molecular formula is C34H71N7O5S. The van der Waals surface area contributed by atoms with Crippen LogP contribution in [0, 0.1) is 16.7 Å². The summed E-state index contributed by atoms with van der Waals surface area (Å²) in [6.07, 6.45) is 6.23. The average Bonchev–Trinajstić information content (AvgIpc) is 3.72. The number of thiol groups is 1. The minimum absolute atomic E-state index is 0.00321. The molecule has 2 aliphatic rings. The maximum absolute atomic E-state index is 13.6. The molecule has 1 aliphatic heterocycles. The Bertz CT molecular complexity index is 866. The maximum Gasteiger partial charge on any atom is 0.315 e. The molecule has 0 aromatic rings. The first-order chi connectivity index (χ1) is 21.9. The molecule has 2 rings (SSSR count). The summed E-state index contributed by atoms with van der Waals surface area (Å²) in [5, 5.41) is 12.3. The van der Waals surface area contributed by atoms with Crippen LogP contribution < -0.4 is 27.0 Å². The Balaban J connectivity index is -0.00000125. The van der Waals surface area contributed by atoms with E-state index in [2.05, 4.69) is 67.5 Å². The number of carbonyl (C=O) groups excluding carboxylic acids is 5. The molecule has 47 heavy (non-hydrogen) atoms. The van der Waals surface area contributed by atoms with Crippen molar-refractivity contribution in [3.63, 3.8) is 0 Å². The van der Waals surface area contributed by atoms with E-state index in [1.54, 1.807) is 9.21 Å². The number of urea groups is 1. The third-order valence-electron chi connectivity index (χ3n) is 7.30. The summed E-state index contributed by atoms with van der Waals surface area (Å²) >= 11 is 4.24. The monoisotopic (exact) mass is 690 g/mol. The molecule has 0 spiro atoms. The molecule has 4 amide bonds. The van der Waals surface area contributed by atoms with Gasteiger partial charge in [0.25, 0.3) is 0 Å². The van der Waals surface area contributed by atoms with Gasteiger partial charge in [-0.15, -0.1) is 0 Å². The Hall–Kier alpha value is -2.22. The molecule has 3 unspecified atom stereocenters. The van der Waals surface area contributed by atoms with Gasteiger partial charge in [0.15, 0.2) is 12.6 Å². The Morgan fingerprint density at radius 2 is 1.47 bits per heavy atom. The molecule has 1 saturated carbocycles. The number of nitrogens with two attached hydrogens (primary N) is 1. The Morgan fingerprint density at radius 1 is 0.936 bits per heavy atom. The highest BCUT2D eigenvalue weighted by molar-refractivity contribution is 7.77. The number of carbonyl (C=O) groups is 5. The number of hydrogen-bond acceptors (Lipinski definition) is 9. The highest BCUT2D eigenvalue weighted by Crippen LogP contribution is 2.31. The average molecular weight is 690 g/mol. The van der Waals surface area contributed by atoms with E-state index in [1.165, 1.54) is 26.3 Å². The number of nitrogens with zero attached hydrogens (tertiary/aromatic N) is 2. The molecular weight excluding hydrogens is 618 g/mol. The number of likely N-dealkylation sites (tertiary alicyclic amines) is 1. The minimum Gasteiger partial charge on any atom is -0.352 e. The molecule has 1 saturated heterocycles. The van der Waals surface area contributed by atoms with Crippen LogP contribution in [-0.4, -0.2) is 104 Å². The molecule has 12 nitrogen and oxygen atoms in total. The van der Waals surface area contributed by atoms with Crippen molar-refractivity contribution in [1.29, 1.82) is 0 Å². The van der Waals surface area contributed by atoms with Crippen molar-refractivity contribution in [2.24, 2.45) is 22.5 Å². The number of rotatable bonds is 12. The number of hydrogen-bond donors (Lipinski definition) is 6. The van der Waals surface area contributed by atoms with Crippen molar-refractivity contribution >= 4 is 43.2 Å². The van der Waals surface area contributed by atoms with Crippen molar-refractivity contribution in [2.75, 3.05) is 40.3 Å². The second-order valence-corrected chi connectivity index (χ2v) is 14.6. The molecule has 0 radical (unpaired) electrons. The molecule has 278 valence electrons. The topological polar surface area (TPSA) is 166 Å². The van der Waals surface area contributed by atoms with E-state index in [1.807, 2.05) is 55.5 Å². The third kappa shape index (κ3) is 23.7. The number of nitrogens with one attached hydrogen (secondary N) is 4. The van der Waals surface area contributed by atoms with E-state index in [4.69, 9.17) is 9.59 Å². The number of amides is 4. The molecule has 1 heterocycles. The van der Waals surface area contributed by atoms with Crippen LogP contribution in [0.5, 0.6) is 0 Å². The third-order valence-corrected chi connectivity index (χ3v) is 7.50. The van der Waals surface area contributed by atoms with E-state index >= 15 is 0 Å². The van der Waals surface area contributed by atoms with E-state index in [0.717, 1.165) is 25.4 Å². The molecule has 6 N–H and O–H groups in total. The second kappa shape index (κ2) is 26.7. The van der Waals surface area contributed by atoms with Gasteiger partial charge in [0.2, 0.25) is 11.8 Å². The van der Waals surface area contributed by atoms with Crippen LogP contribution in [0.25, 0.3) is 0 Å². The minimum atomic E-state index is -0.758.